The highest BCUT2D eigenvalue weighted by atomic mass is 16.3. The number of rotatable bonds is 3. The predicted molar refractivity (Wildman–Crippen MR) is 47.3 cm³/mol. The summed E-state index contributed by atoms with van der Waals surface area (Å²) in [5.41, 5.74) is 0. The Morgan fingerprint density at radius 3 is 2.45 bits per heavy atom. The lowest BCUT2D eigenvalue weighted by atomic mass is 9.81. The summed E-state index contributed by atoms with van der Waals surface area (Å²) in [6.07, 6.45) is 9.24. The summed E-state index contributed by atoms with van der Waals surface area (Å²) in [5.74, 6) is 1.29. The van der Waals surface area contributed by atoms with E-state index >= 15 is 0 Å². The van der Waals surface area contributed by atoms with E-state index in [2.05, 4.69) is 19.1 Å². The zero-order valence-electron chi connectivity index (χ0n) is 7.29. The smallest absolute Gasteiger partial charge is 0.0464 e. The molecule has 0 amide bonds. The summed E-state index contributed by atoms with van der Waals surface area (Å²) < 4.78 is 0. The standard InChI is InChI=1S/C10H18O/c1-2-5-9-6-3-4-7-10(9)8-11/h3-4,9-11H,2,5-8H2,1H3/t9?,10-/m1/s1. The second-order valence-corrected chi connectivity index (χ2v) is 3.43. The van der Waals surface area contributed by atoms with Gasteiger partial charge in [-0.3, -0.25) is 0 Å². The van der Waals surface area contributed by atoms with Crippen LogP contribution in [0, 0.1) is 11.8 Å². The average molecular weight is 154 g/mol. The molecule has 0 radical (unpaired) electrons. The van der Waals surface area contributed by atoms with E-state index in [0.717, 1.165) is 12.3 Å². The average Bonchev–Trinajstić information content (AvgIpc) is 2.06. The molecule has 0 saturated carbocycles. The first-order valence-corrected chi connectivity index (χ1v) is 4.64. The van der Waals surface area contributed by atoms with Gasteiger partial charge in [0.25, 0.3) is 0 Å². The quantitative estimate of drug-likeness (QED) is 0.619. The van der Waals surface area contributed by atoms with Crippen LogP contribution in [0.5, 0.6) is 0 Å². The molecule has 0 aromatic heterocycles. The van der Waals surface area contributed by atoms with Crippen LogP contribution >= 0.6 is 0 Å². The van der Waals surface area contributed by atoms with E-state index in [9.17, 15) is 0 Å². The summed E-state index contributed by atoms with van der Waals surface area (Å²) in [6.45, 7) is 2.59. The molecule has 1 unspecified atom stereocenters. The largest absolute Gasteiger partial charge is 0.396 e. The van der Waals surface area contributed by atoms with Gasteiger partial charge in [0.05, 0.1) is 0 Å². The molecule has 1 aliphatic rings. The Labute approximate surface area is 69.1 Å². The lowest BCUT2D eigenvalue weighted by Gasteiger charge is -2.26. The molecule has 0 aliphatic heterocycles. The number of aliphatic hydroxyl groups is 1. The maximum atomic E-state index is 9.05. The molecule has 0 aromatic rings. The zero-order valence-corrected chi connectivity index (χ0v) is 7.29. The molecule has 1 aliphatic carbocycles. The van der Waals surface area contributed by atoms with Crippen LogP contribution in [0.25, 0.3) is 0 Å². The number of hydrogen-bond acceptors (Lipinski definition) is 1. The van der Waals surface area contributed by atoms with Crippen LogP contribution in [0.3, 0.4) is 0 Å². The van der Waals surface area contributed by atoms with Gasteiger partial charge in [-0.1, -0.05) is 31.9 Å². The van der Waals surface area contributed by atoms with Gasteiger partial charge in [-0.15, -0.1) is 0 Å². The van der Waals surface area contributed by atoms with Crippen molar-refractivity contribution in [3.63, 3.8) is 0 Å². The topological polar surface area (TPSA) is 20.2 Å². The molecule has 0 heterocycles. The minimum Gasteiger partial charge on any atom is -0.396 e. The van der Waals surface area contributed by atoms with E-state index in [1.807, 2.05) is 0 Å². The summed E-state index contributed by atoms with van der Waals surface area (Å²) in [7, 11) is 0. The summed E-state index contributed by atoms with van der Waals surface area (Å²) >= 11 is 0. The SMILES string of the molecule is CCCC1CC=CC[C@@H]1CO. The van der Waals surface area contributed by atoms with Crippen molar-refractivity contribution in [2.75, 3.05) is 6.61 Å². The molecule has 0 bridgehead atoms. The Morgan fingerprint density at radius 2 is 1.91 bits per heavy atom. The summed E-state index contributed by atoms with van der Waals surface area (Å²) in [5, 5.41) is 9.05. The van der Waals surface area contributed by atoms with Crippen molar-refractivity contribution >= 4 is 0 Å². The third-order valence-corrected chi connectivity index (χ3v) is 2.60. The molecule has 0 spiro atoms. The van der Waals surface area contributed by atoms with Crippen molar-refractivity contribution < 1.29 is 5.11 Å². The highest BCUT2D eigenvalue weighted by Crippen LogP contribution is 2.28. The van der Waals surface area contributed by atoms with Crippen LogP contribution in [0.15, 0.2) is 12.2 Å². The fourth-order valence-corrected chi connectivity index (χ4v) is 1.87. The Bertz CT molecular complexity index is 129. The highest BCUT2D eigenvalue weighted by molar-refractivity contribution is 4.94. The summed E-state index contributed by atoms with van der Waals surface area (Å²) in [4.78, 5) is 0. The molecule has 2 atom stereocenters. The molecular weight excluding hydrogens is 136 g/mol. The van der Waals surface area contributed by atoms with Gasteiger partial charge < -0.3 is 5.11 Å². The lowest BCUT2D eigenvalue weighted by Crippen LogP contribution is -2.19. The fourth-order valence-electron chi connectivity index (χ4n) is 1.87. The van der Waals surface area contributed by atoms with Crippen molar-refractivity contribution in [3.05, 3.63) is 12.2 Å². The van der Waals surface area contributed by atoms with E-state index in [1.54, 1.807) is 0 Å². The molecule has 1 nitrogen and oxygen atoms in total. The van der Waals surface area contributed by atoms with Crippen molar-refractivity contribution in [3.8, 4) is 0 Å². The normalized spacial score (nSPS) is 30.7. The maximum absolute atomic E-state index is 9.05. The van der Waals surface area contributed by atoms with Gasteiger partial charge in [0, 0.05) is 6.61 Å². The third kappa shape index (κ3) is 2.33. The van der Waals surface area contributed by atoms with Gasteiger partial charge >= 0.3 is 0 Å². The van der Waals surface area contributed by atoms with Crippen LogP contribution in [0.4, 0.5) is 0 Å². The zero-order chi connectivity index (χ0) is 8.10. The Morgan fingerprint density at radius 1 is 1.27 bits per heavy atom. The molecule has 0 saturated heterocycles. The monoisotopic (exact) mass is 154 g/mol. The number of aliphatic hydroxyl groups excluding tert-OH is 1. The first-order valence-electron chi connectivity index (χ1n) is 4.64. The predicted octanol–water partition coefficient (Wildman–Crippen LogP) is 2.36. The van der Waals surface area contributed by atoms with Gasteiger partial charge in [-0.25, -0.2) is 0 Å². The van der Waals surface area contributed by atoms with Crippen LogP contribution in [0.2, 0.25) is 0 Å². The second kappa shape index (κ2) is 4.55. The third-order valence-electron chi connectivity index (χ3n) is 2.60. The van der Waals surface area contributed by atoms with E-state index in [1.165, 1.54) is 19.3 Å². The van der Waals surface area contributed by atoms with Gasteiger partial charge in [-0.2, -0.15) is 0 Å². The number of hydrogen-bond donors (Lipinski definition) is 1. The first kappa shape index (κ1) is 8.79. The lowest BCUT2D eigenvalue weighted by molar-refractivity contribution is 0.165. The molecule has 1 rings (SSSR count). The van der Waals surface area contributed by atoms with Gasteiger partial charge in [-0.05, 0) is 24.7 Å². The van der Waals surface area contributed by atoms with E-state index in [4.69, 9.17) is 5.11 Å². The Hall–Kier alpha value is -0.300. The molecular formula is C10H18O. The van der Waals surface area contributed by atoms with Crippen LogP contribution in [-0.4, -0.2) is 11.7 Å². The van der Waals surface area contributed by atoms with Gasteiger partial charge in [0.2, 0.25) is 0 Å². The van der Waals surface area contributed by atoms with Crippen LogP contribution < -0.4 is 0 Å². The van der Waals surface area contributed by atoms with Gasteiger partial charge in [0.15, 0.2) is 0 Å². The van der Waals surface area contributed by atoms with E-state index in [-0.39, 0.29) is 0 Å². The summed E-state index contributed by atoms with van der Waals surface area (Å²) in [6, 6.07) is 0. The molecule has 1 heteroatoms. The van der Waals surface area contributed by atoms with Crippen molar-refractivity contribution in [2.24, 2.45) is 11.8 Å². The van der Waals surface area contributed by atoms with Crippen molar-refractivity contribution in [2.45, 2.75) is 32.6 Å². The Kier molecular flexibility index (Phi) is 3.64. The van der Waals surface area contributed by atoms with E-state index < -0.39 is 0 Å². The second-order valence-electron chi connectivity index (χ2n) is 3.43. The minimum absolute atomic E-state index is 0.370. The van der Waals surface area contributed by atoms with E-state index in [0.29, 0.717) is 12.5 Å². The maximum Gasteiger partial charge on any atom is 0.0464 e. The van der Waals surface area contributed by atoms with Crippen molar-refractivity contribution in [1.29, 1.82) is 0 Å². The van der Waals surface area contributed by atoms with Crippen LogP contribution in [-0.2, 0) is 0 Å². The molecule has 1 N–H and O–H groups in total. The van der Waals surface area contributed by atoms with Crippen LogP contribution in [0.1, 0.15) is 32.6 Å². The fraction of sp³-hybridized carbons (Fsp3) is 0.800. The first-order chi connectivity index (χ1) is 5.38. The Balaban J connectivity index is 2.40. The molecule has 0 fully saturated rings. The molecule has 11 heavy (non-hydrogen) atoms. The molecule has 64 valence electrons. The number of allylic oxidation sites excluding steroid dienone is 2. The van der Waals surface area contributed by atoms with Gasteiger partial charge in [0.1, 0.15) is 0 Å². The highest BCUT2D eigenvalue weighted by Gasteiger charge is 2.20. The van der Waals surface area contributed by atoms with Crippen molar-refractivity contribution in [1.82, 2.24) is 0 Å². The minimum atomic E-state index is 0.370. The molecule has 0 aromatic carbocycles.